The largest absolute Gasteiger partial charge is 0.493 e. The zero-order valence-electron chi connectivity index (χ0n) is 32.2. The summed E-state index contributed by atoms with van der Waals surface area (Å²) in [6, 6.07) is 16.0. The number of rotatable bonds is 14. The Morgan fingerprint density at radius 1 is 0.446 bits per heavy atom. The molecule has 4 aromatic carbocycles. The van der Waals surface area contributed by atoms with E-state index in [9.17, 15) is 36.6 Å². The third-order valence-electron chi connectivity index (χ3n) is 9.46. The Kier molecular flexibility index (Phi) is 14.3. The number of alkyl halides is 6. The Morgan fingerprint density at radius 3 is 0.893 bits per heavy atom. The Balaban J connectivity index is 1.88. The Labute approximate surface area is 324 Å². The van der Waals surface area contributed by atoms with Gasteiger partial charge in [-0.15, -0.1) is 0 Å². The van der Waals surface area contributed by atoms with Crippen LogP contribution in [0.25, 0.3) is 0 Å². The van der Waals surface area contributed by atoms with E-state index in [-0.39, 0.29) is 63.2 Å². The minimum absolute atomic E-state index is 0.0495. The van der Waals surface area contributed by atoms with E-state index in [1.54, 1.807) is 36.4 Å². The molecule has 12 heteroatoms. The maximum Gasteiger partial charge on any atom is 0.418 e. The number of hydrogen-bond acceptors (Lipinski definition) is 6. The van der Waals surface area contributed by atoms with Crippen LogP contribution in [-0.4, -0.2) is 49.0 Å². The van der Waals surface area contributed by atoms with E-state index in [1.165, 1.54) is 24.3 Å². The molecule has 0 spiro atoms. The van der Waals surface area contributed by atoms with Crippen molar-refractivity contribution in [2.45, 2.75) is 104 Å². The standard InChI is InChI=1S/C44H50F6O6/c1-5-15-53-37-27-11-9-12-28(37)20-32-24-36(42(52)44(48,49)50)26-34(40(32)56-18-8-4)22-30-14-10-13-29(38(30)54-16-6-2)21-33-25-35(41(51)43(45,46)47)23-31(19-27)39(33)55-17-7-3/h9-14,23-26,41-42,51-52H,5-8,15-22H2,1-4H3/t41-,42-/m0/s1. The van der Waals surface area contributed by atoms with Crippen LogP contribution in [0.4, 0.5) is 26.3 Å². The number of ether oxygens (including phenoxy) is 4. The van der Waals surface area contributed by atoms with Gasteiger partial charge in [0.05, 0.1) is 26.4 Å². The van der Waals surface area contributed by atoms with Gasteiger partial charge in [0.1, 0.15) is 23.0 Å². The predicted octanol–water partition coefficient (Wildman–Crippen LogP) is 10.7. The van der Waals surface area contributed by atoms with Gasteiger partial charge in [0.15, 0.2) is 12.2 Å². The first-order valence-corrected chi connectivity index (χ1v) is 19.2. The first kappa shape index (κ1) is 42.7. The molecule has 8 bridgehead atoms. The summed E-state index contributed by atoms with van der Waals surface area (Å²) >= 11 is 0. The summed E-state index contributed by atoms with van der Waals surface area (Å²) in [5.41, 5.74) is 3.33. The van der Waals surface area contributed by atoms with Crippen molar-refractivity contribution in [2.75, 3.05) is 26.4 Å². The topological polar surface area (TPSA) is 77.4 Å². The van der Waals surface area contributed by atoms with E-state index in [4.69, 9.17) is 18.9 Å². The molecule has 4 aromatic rings. The molecule has 304 valence electrons. The van der Waals surface area contributed by atoms with Crippen LogP contribution in [0.15, 0.2) is 60.7 Å². The molecule has 0 saturated carbocycles. The highest BCUT2D eigenvalue weighted by Crippen LogP contribution is 2.43. The van der Waals surface area contributed by atoms with E-state index in [0.29, 0.717) is 93.2 Å². The quantitative estimate of drug-likeness (QED) is 0.109. The minimum atomic E-state index is -4.94. The number of aliphatic hydroxyl groups excluding tert-OH is 2. The van der Waals surface area contributed by atoms with E-state index in [0.717, 1.165) is 0 Å². The second-order valence-corrected chi connectivity index (χ2v) is 14.1. The van der Waals surface area contributed by atoms with Crippen molar-refractivity contribution in [3.63, 3.8) is 0 Å². The van der Waals surface area contributed by atoms with Crippen LogP contribution in [0.5, 0.6) is 23.0 Å². The van der Waals surface area contributed by atoms with Crippen LogP contribution in [0.2, 0.25) is 0 Å². The normalized spacial score (nSPS) is 14.2. The lowest BCUT2D eigenvalue weighted by Gasteiger charge is -2.25. The van der Waals surface area contributed by atoms with E-state index in [1.807, 2.05) is 27.7 Å². The zero-order valence-corrected chi connectivity index (χ0v) is 32.2. The molecule has 6 nitrogen and oxygen atoms in total. The number of aliphatic hydroxyl groups is 2. The molecular formula is C44H50F6O6. The molecule has 1 aliphatic carbocycles. The first-order chi connectivity index (χ1) is 26.7. The van der Waals surface area contributed by atoms with E-state index < -0.39 is 24.6 Å². The second-order valence-electron chi connectivity index (χ2n) is 14.1. The van der Waals surface area contributed by atoms with Crippen molar-refractivity contribution in [1.82, 2.24) is 0 Å². The highest BCUT2D eigenvalue weighted by molar-refractivity contribution is 5.57. The van der Waals surface area contributed by atoms with Crippen molar-refractivity contribution >= 4 is 0 Å². The van der Waals surface area contributed by atoms with Gasteiger partial charge in [-0.2, -0.15) is 26.3 Å². The molecule has 2 N–H and O–H groups in total. The van der Waals surface area contributed by atoms with Crippen LogP contribution in [0, 0.1) is 0 Å². The van der Waals surface area contributed by atoms with Gasteiger partial charge in [-0.3, -0.25) is 0 Å². The fraction of sp³-hybridized carbons (Fsp3) is 0.455. The summed E-state index contributed by atoms with van der Waals surface area (Å²) in [6.07, 6.45) is -12.7. The van der Waals surface area contributed by atoms with Crippen molar-refractivity contribution in [1.29, 1.82) is 0 Å². The van der Waals surface area contributed by atoms with Gasteiger partial charge in [-0.1, -0.05) is 64.1 Å². The van der Waals surface area contributed by atoms with Crippen LogP contribution in [0.3, 0.4) is 0 Å². The van der Waals surface area contributed by atoms with Gasteiger partial charge >= 0.3 is 12.4 Å². The lowest BCUT2D eigenvalue weighted by Crippen LogP contribution is -2.21. The fourth-order valence-corrected chi connectivity index (χ4v) is 6.99. The molecule has 0 fully saturated rings. The van der Waals surface area contributed by atoms with E-state index >= 15 is 0 Å². The van der Waals surface area contributed by atoms with Crippen LogP contribution >= 0.6 is 0 Å². The molecule has 0 amide bonds. The van der Waals surface area contributed by atoms with E-state index in [2.05, 4.69) is 0 Å². The molecular weight excluding hydrogens is 738 g/mol. The molecule has 0 radical (unpaired) electrons. The molecule has 5 rings (SSSR count). The Hall–Kier alpha value is -4.42. The summed E-state index contributed by atoms with van der Waals surface area (Å²) in [4.78, 5) is 0. The third kappa shape index (κ3) is 10.1. The van der Waals surface area contributed by atoms with Gasteiger partial charge in [0, 0.05) is 25.7 Å². The summed E-state index contributed by atoms with van der Waals surface area (Å²) in [5, 5.41) is 21.2. The highest BCUT2D eigenvalue weighted by atomic mass is 19.4. The molecule has 56 heavy (non-hydrogen) atoms. The zero-order chi connectivity index (χ0) is 40.6. The summed E-state index contributed by atoms with van der Waals surface area (Å²) in [5.74, 6) is 1.64. The second kappa shape index (κ2) is 18.7. The maximum atomic E-state index is 14.1. The summed E-state index contributed by atoms with van der Waals surface area (Å²) in [7, 11) is 0. The molecule has 0 unspecified atom stereocenters. The van der Waals surface area contributed by atoms with Crippen LogP contribution < -0.4 is 18.9 Å². The number of benzene rings is 4. The third-order valence-corrected chi connectivity index (χ3v) is 9.46. The van der Waals surface area contributed by atoms with Crippen molar-refractivity contribution < 1.29 is 55.5 Å². The average molecular weight is 789 g/mol. The Bertz CT molecular complexity index is 1710. The molecule has 1 aliphatic rings. The highest BCUT2D eigenvalue weighted by Gasteiger charge is 2.41. The number of hydrogen-bond donors (Lipinski definition) is 2. The summed E-state index contributed by atoms with van der Waals surface area (Å²) < 4.78 is 110. The van der Waals surface area contributed by atoms with Crippen molar-refractivity contribution in [2.24, 2.45) is 0 Å². The molecule has 0 heterocycles. The lowest BCUT2D eigenvalue weighted by molar-refractivity contribution is -0.207. The minimum Gasteiger partial charge on any atom is -0.493 e. The number of para-hydroxylation sites is 2. The SMILES string of the molecule is CCCOc1c2cccc1Cc1cc([C@H](O)C(F)(F)F)cc(c1OCCC)Cc1cccc(c1OCCC)Cc1cc([C@H](O)C(F)(F)F)cc(c1OCCC)C2. The van der Waals surface area contributed by atoms with Gasteiger partial charge in [-0.25, -0.2) is 0 Å². The van der Waals surface area contributed by atoms with Gasteiger partial charge in [0.2, 0.25) is 0 Å². The molecule has 0 aliphatic heterocycles. The first-order valence-electron chi connectivity index (χ1n) is 19.2. The van der Waals surface area contributed by atoms with Crippen LogP contribution in [-0.2, 0) is 25.7 Å². The van der Waals surface area contributed by atoms with Crippen molar-refractivity contribution in [3.8, 4) is 23.0 Å². The summed E-state index contributed by atoms with van der Waals surface area (Å²) in [6.45, 7) is 8.81. The molecule has 0 saturated heterocycles. The van der Waals surface area contributed by atoms with Gasteiger partial charge < -0.3 is 29.2 Å². The predicted molar refractivity (Wildman–Crippen MR) is 202 cm³/mol. The monoisotopic (exact) mass is 788 g/mol. The number of halogens is 6. The Morgan fingerprint density at radius 2 is 0.679 bits per heavy atom. The smallest absolute Gasteiger partial charge is 0.418 e. The van der Waals surface area contributed by atoms with Crippen LogP contribution in [0.1, 0.15) is 121 Å². The molecule has 2 atom stereocenters. The lowest BCUT2D eigenvalue weighted by atomic mass is 9.88. The fourth-order valence-electron chi connectivity index (χ4n) is 6.99. The average Bonchev–Trinajstić information content (AvgIpc) is 3.14. The number of fused-ring (bicyclic) bond motifs is 8. The van der Waals surface area contributed by atoms with Crippen molar-refractivity contribution in [3.05, 3.63) is 116 Å². The molecule has 0 aromatic heterocycles. The van der Waals surface area contributed by atoms with Gasteiger partial charge in [0.25, 0.3) is 0 Å². The van der Waals surface area contributed by atoms with Gasteiger partial charge in [-0.05, 0) is 106 Å². The maximum absolute atomic E-state index is 14.1.